The molecule has 1 aliphatic carbocycles. The normalized spacial score (nSPS) is 13.4. The number of anilines is 1. The first-order valence-electron chi connectivity index (χ1n) is 10.4. The van der Waals surface area contributed by atoms with Gasteiger partial charge in [0.25, 0.3) is 0 Å². The second-order valence-corrected chi connectivity index (χ2v) is 8.47. The number of nitrogens with one attached hydrogen (secondary N) is 1. The van der Waals surface area contributed by atoms with Crippen LogP contribution < -0.4 is 15.2 Å². The van der Waals surface area contributed by atoms with Crippen LogP contribution in [0.1, 0.15) is 52.9 Å². The van der Waals surface area contributed by atoms with Crippen molar-refractivity contribution in [2.45, 2.75) is 57.9 Å². The maximum Gasteiger partial charge on any atom is 0.227 e. The van der Waals surface area contributed by atoms with Gasteiger partial charge in [0, 0.05) is 17.8 Å². The van der Waals surface area contributed by atoms with Gasteiger partial charge in [-0.3, -0.25) is 9.93 Å². The van der Waals surface area contributed by atoms with Crippen molar-refractivity contribution in [2.24, 2.45) is 17.0 Å². The zero-order valence-electron chi connectivity index (χ0n) is 18.7. The number of nitrogens with two attached hydrogens (primary N) is 1. The van der Waals surface area contributed by atoms with E-state index in [-0.39, 0.29) is 17.6 Å². The van der Waals surface area contributed by atoms with Crippen molar-refractivity contribution >= 4 is 23.5 Å². The minimum absolute atomic E-state index is 0.0694. The number of methoxy groups -OCH3 is 1. The molecule has 1 heterocycles. The highest BCUT2D eigenvalue weighted by Gasteiger charge is 2.21. The van der Waals surface area contributed by atoms with Crippen molar-refractivity contribution in [2.75, 3.05) is 12.4 Å². The molecule has 0 saturated heterocycles. The van der Waals surface area contributed by atoms with Gasteiger partial charge in [0.2, 0.25) is 11.7 Å². The predicted molar refractivity (Wildman–Crippen MR) is 123 cm³/mol. The maximum absolute atomic E-state index is 12.5. The fourth-order valence-corrected chi connectivity index (χ4v) is 3.12. The largest absolute Gasteiger partial charge is 0.494 e. The first-order chi connectivity index (χ1) is 14.8. The average Bonchev–Trinajstić information content (AvgIpc) is 2.76. The fourth-order valence-electron chi connectivity index (χ4n) is 2.80. The lowest BCUT2D eigenvalue weighted by Gasteiger charge is -2.20. The summed E-state index contributed by atoms with van der Waals surface area (Å²) in [6.45, 7) is 6.50. The molecule has 0 spiro atoms. The molecule has 0 radical (unpaired) electrons. The molecule has 1 saturated carbocycles. The molecule has 8 heteroatoms. The lowest BCUT2D eigenvalue weighted by molar-refractivity contribution is -0.120. The molecule has 0 aliphatic heterocycles. The molecule has 0 atom stereocenters. The summed E-state index contributed by atoms with van der Waals surface area (Å²) in [6, 6.07) is 7.37. The molecule has 5 nitrogen and oxygen atoms in total. The average molecular weight is 454 g/mol. The number of benzene rings is 1. The summed E-state index contributed by atoms with van der Waals surface area (Å²) >= 11 is 1.08. The zero-order valence-corrected chi connectivity index (χ0v) is 19.5. The van der Waals surface area contributed by atoms with Gasteiger partial charge < -0.3 is 10.1 Å². The Morgan fingerprint density at radius 3 is 2.39 bits per heavy atom. The Bertz CT molecular complexity index is 797. The quantitative estimate of drug-likeness (QED) is 0.539. The number of carbonyl (C=O) groups is 1. The molecular formula is C23H33F2N3O2S. The highest BCUT2D eigenvalue weighted by molar-refractivity contribution is 7.97. The van der Waals surface area contributed by atoms with E-state index in [2.05, 4.69) is 35.8 Å². The minimum Gasteiger partial charge on any atom is -0.494 e. The van der Waals surface area contributed by atoms with Gasteiger partial charge in [-0.2, -0.15) is 4.39 Å². The molecule has 1 aliphatic rings. The van der Waals surface area contributed by atoms with Gasteiger partial charge in [0.15, 0.2) is 11.6 Å². The number of amides is 1. The van der Waals surface area contributed by atoms with Crippen molar-refractivity contribution in [3.05, 3.63) is 48.2 Å². The monoisotopic (exact) mass is 453 g/mol. The van der Waals surface area contributed by atoms with E-state index in [0.29, 0.717) is 5.03 Å². The number of aromatic nitrogens is 1. The summed E-state index contributed by atoms with van der Waals surface area (Å²) in [5.74, 6) is -0.765. The SMILES string of the molecule is CC(C)C.COc1cccc(F)c1F.NSc1cc(NC(=O)C2CCCCC2)ccn1. The van der Waals surface area contributed by atoms with Crippen LogP contribution in [0.15, 0.2) is 41.6 Å². The van der Waals surface area contributed by atoms with Crippen LogP contribution in [-0.4, -0.2) is 18.0 Å². The topological polar surface area (TPSA) is 77.2 Å². The van der Waals surface area contributed by atoms with Gasteiger partial charge in [0.05, 0.1) is 7.11 Å². The van der Waals surface area contributed by atoms with Crippen molar-refractivity contribution in [3.8, 4) is 5.75 Å². The van der Waals surface area contributed by atoms with E-state index in [4.69, 9.17) is 5.14 Å². The number of hydrogen-bond donors (Lipinski definition) is 2. The minimum atomic E-state index is -0.940. The lowest BCUT2D eigenvalue weighted by atomic mass is 9.88. The molecular weight excluding hydrogens is 420 g/mol. The highest BCUT2D eigenvalue weighted by atomic mass is 32.2. The third-order valence-electron chi connectivity index (χ3n) is 4.24. The van der Waals surface area contributed by atoms with E-state index < -0.39 is 11.6 Å². The number of carbonyl (C=O) groups excluding carboxylic acids is 1. The maximum atomic E-state index is 12.5. The number of pyridine rings is 1. The van der Waals surface area contributed by atoms with Crippen LogP contribution in [-0.2, 0) is 4.79 Å². The Balaban J connectivity index is 0.000000290. The third kappa shape index (κ3) is 10.6. The lowest BCUT2D eigenvalue weighted by Crippen LogP contribution is -2.24. The number of hydrogen-bond acceptors (Lipinski definition) is 5. The van der Waals surface area contributed by atoms with Crippen molar-refractivity contribution in [3.63, 3.8) is 0 Å². The van der Waals surface area contributed by atoms with Crippen LogP contribution >= 0.6 is 11.9 Å². The smallest absolute Gasteiger partial charge is 0.227 e. The highest BCUT2D eigenvalue weighted by Crippen LogP contribution is 2.25. The molecule has 1 aromatic heterocycles. The molecule has 1 fully saturated rings. The van der Waals surface area contributed by atoms with Gasteiger partial charge in [-0.25, -0.2) is 9.37 Å². The molecule has 1 aromatic carbocycles. The summed E-state index contributed by atoms with van der Waals surface area (Å²) < 4.78 is 29.3. The van der Waals surface area contributed by atoms with E-state index >= 15 is 0 Å². The predicted octanol–water partition coefficient (Wildman–Crippen LogP) is 6.20. The Kier molecular flexibility index (Phi) is 12.8. The molecule has 31 heavy (non-hydrogen) atoms. The van der Waals surface area contributed by atoms with E-state index in [1.807, 2.05) is 0 Å². The summed E-state index contributed by atoms with van der Waals surface area (Å²) in [6.07, 6.45) is 7.26. The van der Waals surface area contributed by atoms with Crippen molar-refractivity contribution in [1.29, 1.82) is 0 Å². The number of halogens is 2. The number of ether oxygens (including phenoxy) is 1. The second-order valence-electron chi connectivity index (χ2n) is 7.81. The van der Waals surface area contributed by atoms with E-state index in [1.165, 1.54) is 38.5 Å². The van der Waals surface area contributed by atoms with E-state index in [1.54, 1.807) is 18.3 Å². The molecule has 3 rings (SSSR count). The Morgan fingerprint density at radius 2 is 1.84 bits per heavy atom. The van der Waals surface area contributed by atoms with Crippen LogP contribution in [0.2, 0.25) is 0 Å². The van der Waals surface area contributed by atoms with Crippen LogP contribution in [0, 0.1) is 23.5 Å². The molecule has 0 bridgehead atoms. The van der Waals surface area contributed by atoms with Gasteiger partial charge in [0.1, 0.15) is 5.03 Å². The Labute approximate surface area is 188 Å². The van der Waals surface area contributed by atoms with Gasteiger partial charge in [-0.1, -0.05) is 46.1 Å². The Morgan fingerprint density at radius 1 is 1.19 bits per heavy atom. The summed E-state index contributed by atoms with van der Waals surface area (Å²) in [5.41, 5.74) is 0.781. The van der Waals surface area contributed by atoms with Gasteiger partial charge >= 0.3 is 0 Å². The van der Waals surface area contributed by atoms with Gasteiger partial charge in [-0.05, 0) is 55.0 Å². The van der Waals surface area contributed by atoms with E-state index in [0.717, 1.165) is 42.5 Å². The van der Waals surface area contributed by atoms with Gasteiger partial charge in [-0.15, -0.1) is 0 Å². The third-order valence-corrected chi connectivity index (χ3v) is 4.70. The molecule has 172 valence electrons. The number of nitrogens with zero attached hydrogens (tertiary/aromatic N) is 1. The Hall–Kier alpha value is -2.19. The van der Waals surface area contributed by atoms with Crippen LogP contribution in [0.5, 0.6) is 5.75 Å². The standard InChI is InChI=1S/C12H17N3OS.C7H6F2O.C4H10/c13-17-11-8-10(6-7-14-11)15-12(16)9-4-2-1-3-5-9;1-10-6-4-2-3-5(8)7(6)9;1-4(2)3/h6-9H,1-5,13H2,(H,14,15,16);2-4H,1H3;4H,1-3H3. The van der Waals surface area contributed by atoms with Crippen molar-refractivity contribution < 1.29 is 18.3 Å². The summed E-state index contributed by atoms with van der Waals surface area (Å²) in [7, 11) is 1.29. The van der Waals surface area contributed by atoms with Crippen molar-refractivity contribution in [1.82, 2.24) is 4.98 Å². The van der Waals surface area contributed by atoms with E-state index in [9.17, 15) is 13.6 Å². The summed E-state index contributed by atoms with van der Waals surface area (Å²) in [5, 5.41) is 9.09. The first kappa shape index (κ1) is 26.8. The summed E-state index contributed by atoms with van der Waals surface area (Å²) in [4.78, 5) is 16.1. The second kappa shape index (κ2) is 14.8. The molecule has 0 unspecified atom stereocenters. The molecule has 3 N–H and O–H groups in total. The molecule has 1 amide bonds. The van der Waals surface area contributed by atoms with Crippen LogP contribution in [0.25, 0.3) is 0 Å². The number of rotatable bonds is 4. The molecule has 2 aromatic rings. The van der Waals surface area contributed by atoms with Crippen LogP contribution in [0.4, 0.5) is 14.5 Å². The fraction of sp³-hybridized carbons (Fsp3) is 0.478. The first-order valence-corrected chi connectivity index (χ1v) is 11.3. The van der Waals surface area contributed by atoms with Crippen LogP contribution in [0.3, 0.4) is 0 Å². The zero-order chi connectivity index (χ0) is 23.2.